The summed E-state index contributed by atoms with van der Waals surface area (Å²) >= 11 is 1.83. The standard InChI is InChI=1S/C13H26N4OS.HI/c1-14-12(18)10-11-4-7-17(8-5-11)13(15-2)16-6-9-19-3;/h11H,4-10H2,1-3H3,(H,14,18)(H,15,16);1H. The summed E-state index contributed by atoms with van der Waals surface area (Å²) in [6.07, 6.45) is 4.89. The summed E-state index contributed by atoms with van der Waals surface area (Å²) in [6.45, 7) is 2.92. The highest BCUT2D eigenvalue weighted by molar-refractivity contribution is 14.0. The molecule has 0 saturated carbocycles. The third-order valence-electron chi connectivity index (χ3n) is 3.47. The molecule has 0 spiro atoms. The van der Waals surface area contributed by atoms with E-state index in [1.165, 1.54) is 0 Å². The van der Waals surface area contributed by atoms with Gasteiger partial charge in [-0.15, -0.1) is 24.0 Å². The van der Waals surface area contributed by atoms with Crippen molar-refractivity contribution in [2.24, 2.45) is 10.9 Å². The van der Waals surface area contributed by atoms with Gasteiger partial charge in [0.25, 0.3) is 0 Å². The van der Waals surface area contributed by atoms with E-state index in [4.69, 9.17) is 0 Å². The Hall–Kier alpha value is -0.180. The minimum atomic E-state index is 0. The van der Waals surface area contributed by atoms with Gasteiger partial charge in [-0.1, -0.05) is 0 Å². The maximum Gasteiger partial charge on any atom is 0.220 e. The molecule has 1 rings (SSSR count). The lowest BCUT2D eigenvalue weighted by atomic mass is 9.93. The van der Waals surface area contributed by atoms with E-state index in [0.717, 1.165) is 44.2 Å². The maximum atomic E-state index is 11.4. The first-order chi connectivity index (χ1) is 9.21. The summed E-state index contributed by atoms with van der Waals surface area (Å²) in [4.78, 5) is 18.0. The highest BCUT2D eigenvalue weighted by Gasteiger charge is 2.22. The molecule has 0 unspecified atom stereocenters. The molecule has 0 aromatic heterocycles. The zero-order valence-electron chi connectivity index (χ0n) is 12.6. The lowest BCUT2D eigenvalue weighted by Crippen LogP contribution is -2.46. The number of piperidine rings is 1. The molecule has 1 aliphatic rings. The molecule has 1 amide bonds. The van der Waals surface area contributed by atoms with Gasteiger partial charge >= 0.3 is 0 Å². The Morgan fingerprint density at radius 2 is 2.05 bits per heavy atom. The Bertz CT molecular complexity index is 307. The zero-order chi connectivity index (χ0) is 14.1. The van der Waals surface area contributed by atoms with E-state index < -0.39 is 0 Å². The lowest BCUT2D eigenvalue weighted by Gasteiger charge is -2.34. The number of rotatable bonds is 5. The normalized spacial score (nSPS) is 16.6. The molecule has 7 heteroatoms. The van der Waals surface area contributed by atoms with E-state index in [2.05, 4.69) is 26.8 Å². The van der Waals surface area contributed by atoms with Crippen molar-refractivity contribution in [3.63, 3.8) is 0 Å². The van der Waals surface area contributed by atoms with E-state index in [1.54, 1.807) is 7.05 Å². The van der Waals surface area contributed by atoms with Gasteiger partial charge in [0.05, 0.1) is 0 Å². The number of guanidine groups is 1. The summed E-state index contributed by atoms with van der Waals surface area (Å²) in [5, 5.41) is 6.08. The van der Waals surface area contributed by atoms with Crippen LogP contribution in [0.2, 0.25) is 0 Å². The molecule has 118 valence electrons. The first-order valence-electron chi connectivity index (χ1n) is 6.86. The number of hydrogen-bond acceptors (Lipinski definition) is 3. The van der Waals surface area contributed by atoms with Crippen LogP contribution in [0.4, 0.5) is 0 Å². The summed E-state index contributed by atoms with van der Waals surface area (Å²) in [5.74, 6) is 2.75. The van der Waals surface area contributed by atoms with E-state index in [-0.39, 0.29) is 29.9 Å². The number of aliphatic imine (C=N–C) groups is 1. The molecule has 0 aromatic carbocycles. The highest BCUT2D eigenvalue weighted by Crippen LogP contribution is 2.20. The predicted octanol–water partition coefficient (Wildman–Crippen LogP) is 1.39. The van der Waals surface area contributed by atoms with Gasteiger partial charge in [-0.3, -0.25) is 9.79 Å². The van der Waals surface area contributed by atoms with Crippen LogP contribution in [0.1, 0.15) is 19.3 Å². The molecule has 1 heterocycles. The van der Waals surface area contributed by atoms with Crippen LogP contribution in [-0.2, 0) is 4.79 Å². The van der Waals surface area contributed by atoms with Crippen LogP contribution in [0, 0.1) is 5.92 Å². The van der Waals surface area contributed by atoms with Gasteiger partial charge in [0.1, 0.15) is 0 Å². The fraction of sp³-hybridized carbons (Fsp3) is 0.846. The van der Waals surface area contributed by atoms with Crippen molar-refractivity contribution < 1.29 is 4.79 Å². The molecule has 0 atom stereocenters. The molecule has 1 fully saturated rings. The molecule has 1 aliphatic heterocycles. The van der Waals surface area contributed by atoms with E-state index in [1.807, 2.05) is 18.8 Å². The summed E-state index contributed by atoms with van der Waals surface area (Å²) < 4.78 is 0. The largest absolute Gasteiger partial charge is 0.359 e. The SMILES string of the molecule is CN=C(NCCSC)N1CCC(CC(=O)NC)CC1.I. The van der Waals surface area contributed by atoms with Crippen LogP contribution in [0.15, 0.2) is 4.99 Å². The van der Waals surface area contributed by atoms with Crippen LogP contribution in [0.5, 0.6) is 0 Å². The van der Waals surface area contributed by atoms with Crippen LogP contribution in [0.25, 0.3) is 0 Å². The Morgan fingerprint density at radius 1 is 1.40 bits per heavy atom. The second-order valence-electron chi connectivity index (χ2n) is 4.77. The third kappa shape index (κ3) is 7.01. The van der Waals surface area contributed by atoms with Gasteiger partial charge < -0.3 is 15.5 Å². The number of halogens is 1. The topological polar surface area (TPSA) is 56.7 Å². The molecule has 0 bridgehead atoms. The highest BCUT2D eigenvalue weighted by atomic mass is 127. The van der Waals surface area contributed by atoms with Crippen LogP contribution < -0.4 is 10.6 Å². The molecular weight excluding hydrogens is 387 g/mol. The van der Waals surface area contributed by atoms with Crippen molar-refractivity contribution >= 4 is 47.6 Å². The van der Waals surface area contributed by atoms with Gasteiger partial charge in [-0.25, -0.2) is 0 Å². The molecule has 5 nitrogen and oxygen atoms in total. The Kier molecular flexibility index (Phi) is 11.4. The fourth-order valence-corrected chi connectivity index (χ4v) is 2.62. The number of thioether (sulfide) groups is 1. The maximum absolute atomic E-state index is 11.4. The number of hydrogen-bond donors (Lipinski definition) is 2. The second-order valence-corrected chi connectivity index (χ2v) is 5.76. The van der Waals surface area contributed by atoms with Crippen LogP contribution in [0.3, 0.4) is 0 Å². The van der Waals surface area contributed by atoms with Gasteiger partial charge in [0.2, 0.25) is 5.91 Å². The van der Waals surface area contributed by atoms with Gasteiger partial charge in [-0.2, -0.15) is 11.8 Å². The average molecular weight is 414 g/mol. The lowest BCUT2D eigenvalue weighted by molar-refractivity contribution is -0.121. The first-order valence-corrected chi connectivity index (χ1v) is 8.25. The molecule has 1 saturated heterocycles. The van der Waals surface area contributed by atoms with Crippen molar-refractivity contribution in [2.45, 2.75) is 19.3 Å². The Balaban J connectivity index is 0.00000361. The number of amides is 1. The minimum Gasteiger partial charge on any atom is -0.359 e. The van der Waals surface area contributed by atoms with Crippen LogP contribution >= 0.6 is 35.7 Å². The van der Waals surface area contributed by atoms with Gasteiger partial charge in [-0.05, 0) is 25.0 Å². The second kappa shape index (κ2) is 11.5. The fourth-order valence-electron chi connectivity index (χ4n) is 2.31. The minimum absolute atomic E-state index is 0. The summed E-state index contributed by atoms with van der Waals surface area (Å²) in [5.41, 5.74) is 0. The average Bonchev–Trinajstić information content (AvgIpc) is 2.45. The van der Waals surface area contributed by atoms with E-state index in [0.29, 0.717) is 12.3 Å². The van der Waals surface area contributed by atoms with Crippen molar-refractivity contribution in [1.29, 1.82) is 0 Å². The van der Waals surface area contributed by atoms with Crippen LogP contribution in [-0.4, -0.2) is 62.5 Å². The van der Waals surface area contributed by atoms with Crippen molar-refractivity contribution in [3.8, 4) is 0 Å². The van der Waals surface area contributed by atoms with E-state index >= 15 is 0 Å². The molecule has 0 aliphatic carbocycles. The molecule has 0 radical (unpaired) electrons. The Morgan fingerprint density at radius 3 is 2.55 bits per heavy atom. The predicted molar refractivity (Wildman–Crippen MR) is 98.1 cm³/mol. The monoisotopic (exact) mass is 414 g/mol. The smallest absolute Gasteiger partial charge is 0.220 e. The van der Waals surface area contributed by atoms with Crippen molar-refractivity contribution in [2.75, 3.05) is 45.7 Å². The zero-order valence-corrected chi connectivity index (χ0v) is 15.8. The number of nitrogens with zero attached hydrogens (tertiary/aromatic N) is 2. The molecule has 2 N–H and O–H groups in total. The summed E-state index contributed by atoms with van der Waals surface area (Å²) in [7, 11) is 3.53. The molecule has 0 aromatic rings. The number of nitrogens with one attached hydrogen (secondary N) is 2. The third-order valence-corrected chi connectivity index (χ3v) is 4.08. The number of carbonyl (C=O) groups is 1. The van der Waals surface area contributed by atoms with Crippen molar-refractivity contribution in [3.05, 3.63) is 0 Å². The molecular formula is C13H27IN4OS. The quantitative estimate of drug-likeness (QED) is 0.309. The summed E-state index contributed by atoms with van der Waals surface area (Å²) in [6, 6.07) is 0. The number of likely N-dealkylation sites (tertiary alicyclic amines) is 1. The van der Waals surface area contributed by atoms with Crippen molar-refractivity contribution in [1.82, 2.24) is 15.5 Å². The van der Waals surface area contributed by atoms with Gasteiger partial charge in [0.15, 0.2) is 5.96 Å². The number of carbonyl (C=O) groups excluding carboxylic acids is 1. The Labute approximate surface area is 143 Å². The first kappa shape index (κ1) is 19.8. The van der Waals surface area contributed by atoms with Gasteiger partial charge in [0, 0.05) is 45.9 Å². The van der Waals surface area contributed by atoms with E-state index in [9.17, 15) is 4.79 Å². The molecule has 20 heavy (non-hydrogen) atoms.